The van der Waals surface area contributed by atoms with Crippen molar-refractivity contribution >= 4 is 0 Å². The van der Waals surface area contributed by atoms with E-state index in [-0.39, 0.29) is 0 Å². The van der Waals surface area contributed by atoms with Crippen LogP contribution in [0.2, 0.25) is 0 Å². The largest absolute Gasteiger partial charge is 0.375 e. The highest BCUT2D eigenvalue weighted by Crippen LogP contribution is 2.34. The molecule has 0 aromatic heterocycles. The summed E-state index contributed by atoms with van der Waals surface area (Å²) in [5.74, 6) is 5.49. The van der Waals surface area contributed by atoms with Gasteiger partial charge in [0.2, 0.25) is 0 Å². The number of rotatable bonds is 4. The molecule has 0 aromatic rings. The van der Waals surface area contributed by atoms with Gasteiger partial charge in [-0.2, -0.15) is 0 Å². The van der Waals surface area contributed by atoms with Gasteiger partial charge in [-0.15, -0.1) is 0 Å². The van der Waals surface area contributed by atoms with E-state index in [1.807, 2.05) is 0 Å². The van der Waals surface area contributed by atoms with E-state index >= 15 is 0 Å². The van der Waals surface area contributed by atoms with E-state index in [0.29, 0.717) is 24.0 Å². The minimum Gasteiger partial charge on any atom is -0.375 e. The quantitative estimate of drug-likeness (QED) is 0.453. The van der Waals surface area contributed by atoms with Crippen LogP contribution in [-0.2, 0) is 9.47 Å². The first-order chi connectivity index (χ1) is 14.5. The van der Waals surface area contributed by atoms with E-state index in [0.717, 1.165) is 36.9 Å². The highest BCUT2D eigenvalue weighted by molar-refractivity contribution is 4.90. The van der Waals surface area contributed by atoms with Gasteiger partial charge in [0.25, 0.3) is 0 Å². The maximum atomic E-state index is 5.58. The molecule has 0 bridgehead atoms. The van der Waals surface area contributed by atoms with E-state index < -0.39 is 0 Å². The van der Waals surface area contributed by atoms with Crippen LogP contribution < -0.4 is 0 Å². The Labute approximate surface area is 189 Å². The van der Waals surface area contributed by atoms with Crippen molar-refractivity contribution in [2.75, 3.05) is 13.2 Å². The van der Waals surface area contributed by atoms with Gasteiger partial charge >= 0.3 is 0 Å². The number of hydrogen-bond donors (Lipinski definition) is 0. The minimum atomic E-state index is 0.398. The van der Waals surface area contributed by atoms with Gasteiger partial charge in [-0.25, -0.2) is 0 Å². The highest BCUT2D eigenvalue weighted by Gasteiger charge is 2.43. The summed E-state index contributed by atoms with van der Waals surface area (Å²) in [6, 6.07) is 0. The summed E-state index contributed by atoms with van der Waals surface area (Å²) < 4.78 is 11.2. The van der Waals surface area contributed by atoms with Crippen LogP contribution in [0.4, 0.5) is 0 Å². The van der Waals surface area contributed by atoms with Gasteiger partial charge < -0.3 is 9.47 Å². The van der Waals surface area contributed by atoms with Crippen LogP contribution in [0.5, 0.6) is 0 Å². The zero-order chi connectivity index (χ0) is 21.9. The molecule has 4 aliphatic rings. The summed E-state index contributed by atoms with van der Waals surface area (Å²) in [7, 11) is 0. The first-order valence-corrected chi connectivity index (χ1v) is 13.7. The lowest BCUT2D eigenvalue weighted by atomic mass is 9.79. The molecule has 0 amide bonds. The second-order valence-electron chi connectivity index (χ2n) is 11.0. The fraction of sp³-hybridized carbons (Fsp3) is 1.00. The van der Waals surface area contributed by atoms with Crippen LogP contribution in [0.25, 0.3) is 0 Å². The van der Waals surface area contributed by atoms with Crippen molar-refractivity contribution in [1.82, 2.24) is 0 Å². The molecule has 0 N–H and O–H groups in total. The van der Waals surface area contributed by atoms with Gasteiger partial charge in [-0.3, -0.25) is 0 Å². The Bertz CT molecular complexity index is 390. The second kappa shape index (κ2) is 14.1. The van der Waals surface area contributed by atoms with Crippen molar-refractivity contribution < 1.29 is 9.47 Å². The fourth-order valence-electron chi connectivity index (χ4n) is 6.07. The standard InChI is InChI=1S/2C10H20.C8H14O2/c1-3-9-5-7-10(4-2)8-6-9;1-3-9-6-5-7-10(4-2)8-9;1-5-3-9-8-6(2)4-10-7(5)8/h2*9-10H,3-8H2,1-2H3;5-8H,3-4H2,1-2H3. The third-order valence-electron chi connectivity index (χ3n) is 8.72. The number of hydrogen-bond acceptors (Lipinski definition) is 2. The molecule has 2 nitrogen and oxygen atoms in total. The third kappa shape index (κ3) is 8.12. The molecule has 0 aromatic carbocycles. The molecule has 2 aliphatic heterocycles. The zero-order valence-corrected chi connectivity index (χ0v) is 21.3. The molecule has 0 spiro atoms. The van der Waals surface area contributed by atoms with Gasteiger partial charge in [-0.05, 0) is 30.1 Å². The lowest BCUT2D eigenvalue weighted by Crippen LogP contribution is -2.23. The first-order valence-electron chi connectivity index (χ1n) is 13.7. The molecule has 0 radical (unpaired) electrons. The lowest BCUT2D eigenvalue weighted by molar-refractivity contribution is 0.0627. The van der Waals surface area contributed by atoms with E-state index in [2.05, 4.69) is 41.5 Å². The summed E-state index contributed by atoms with van der Waals surface area (Å²) in [6.07, 6.45) is 18.5. The summed E-state index contributed by atoms with van der Waals surface area (Å²) in [5, 5.41) is 0. The van der Waals surface area contributed by atoms with Crippen LogP contribution in [-0.4, -0.2) is 25.4 Å². The van der Waals surface area contributed by atoms with Crippen molar-refractivity contribution in [2.24, 2.45) is 35.5 Å². The molecule has 4 rings (SSSR count). The Kier molecular flexibility index (Phi) is 12.3. The molecular formula is C28H54O2. The van der Waals surface area contributed by atoms with E-state index in [4.69, 9.17) is 9.47 Å². The molecule has 2 saturated heterocycles. The van der Waals surface area contributed by atoms with E-state index in [9.17, 15) is 0 Å². The predicted octanol–water partition coefficient (Wildman–Crippen LogP) is 8.28. The second-order valence-corrected chi connectivity index (χ2v) is 11.0. The van der Waals surface area contributed by atoms with Crippen LogP contribution in [0, 0.1) is 35.5 Å². The third-order valence-corrected chi connectivity index (χ3v) is 8.72. The molecule has 2 heterocycles. The monoisotopic (exact) mass is 422 g/mol. The number of ether oxygens (including phenoxy) is 2. The van der Waals surface area contributed by atoms with Crippen LogP contribution >= 0.6 is 0 Å². The normalized spacial score (nSPS) is 40.6. The van der Waals surface area contributed by atoms with Gasteiger partial charge in [-0.1, -0.05) is 112 Å². The summed E-state index contributed by atoms with van der Waals surface area (Å²) >= 11 is 0. The maximum Gasteiger partial charge on any atom is 0.0887 e. The summed E-state index contributed by atoms with van der Waals surface area (Å²) in [4.78, 5) is 0. The molecule has 2 heteroatoms. The van der Waals surface area contributed by atoms with Crippen molar-refractivity contribution in [3.63, 3.8) is 0 Å². The maximum absolute atomic E-state index is 5.58. The van der Waals surface area contributed by atoms with Crippen molar-refractivity contribution in [3.05, 3.63) is 0 Å². The topological polar surface area (TPSA) is 18.5 Å². The van der Waals surface area contributed by atoms with Gasteiger partial charge in [0.15, 0.2) is 0 Å². The van der Waals surface area contributed by atoms with Gasteiger partial charge in [0.1, 0.15) is 0 Å². The highest BCUT2D eigenvalue weighted by atomic mass is 16.6. The minimum absolute atomic E-state index is 0.398. The Balaban J connectivity index is 0.000000160. The SMILES string of the molecule is CC1COC2C(C)COC12.CCC1CCC(CC)CC1.CCC1CCCC(CC)C1. The average molecular weight is 423 g/mol. The van der Waals surface area contributed by atoms with Crippen molar-refractivity contribution in [2.45, 2.75) is 131 Å². The smallest absolute Gasteiger partial charge is 0.0887 e. The predicted molar refractivity (Wildman–Crippen MR) is 130 cm³/mol. The average Bonchev–Trinajstić information content (AvgIpc) is 3.37. The van der Waals surface area contributed by atoms with E-state index in [1.165, 1.54) is 77.0 Å². The van der Waals surface area contributed by atoms with Gasteiger partial charge in [0, 0.05) is 11.8 Å². The molecule has 6 atom stereocenters. The molecule has 30 heavy (non-hydrogen) atoms. The molecule has 178 valence electrons. The zero-order valence-electron chi connectivity index (χ0n) is 21.3. The molecule has 2 aliphatic carbocycles. The Morgan fingerprint density at radius 3 is 1.23 bits per heavy atom. The molecule has 6 unspecified atom stereocenters. The van der Waals surface area contributed by atoms with Crippen LogP contribution in [0.1, 0.15) is 119 Å². The number of fused-ring (bicyclic) bond motifs is 1. The van der Waals surface area contributed by atoms with Crippen LogP contribution in [0.15, 0.2) is 0 Å². The lowest BCUT2D eigenvalue weighted by Gasteiger charge is -2.27. The van der Waals surface area contributed by atoms with Crippen molar-refractivity contribution in [1.29, 1.82) is 0 Å². The van der Waals surface area contributed by atoms with E-state index in [1.54, 1.807) is 0 Å². The molecule has 4 fully saturated rings. The Hall–Kier alpha value is -0.0800. The first kappa shape index (κ1) is 26.2. The Morgan fingerprint density at radius 1 is 0.533 bits per heavy atom. The summed E-state index contributed by atoms with van der Waals surface area (Å²) in [6.45, 7) is 15.5. The summed E-state index contributed by atoms with van der Waals surface area (Å²) in [5.41, 5.74) is 0. The van der Waals surface area contributed by atoms with Crippen molar-refractivity contribution in [3.8, 4) is 0 Å². The molecular weight excluding hydrogens is 368 g/mol. The molecule has 2 saturated carbocycles. The Morgan fingerprint density at radius 2 is 0.900 bits per heavy atom. The fourth-order valence-corrected chi connectivity index (χ4v) is 6.07. The van der Waals surface area contributed by atoms with Crippen LogP contribution in [0.3, 0.4) is 0 Å². The van der Waals surface area contributed by atoms with Gasteiger partial charge in [0.05, 0.1) is 25.4 Å².